The van der Waals surface area contributed by atoms with Crippen LogP contribution < -0.4 is 0 Å². The van der Waals surface area contributed by atoms with E-state index in [4.69, 9.17) is 16.7 Å². The number of hydrogen-bond acceptors (Lipinski definition) is 5. The Kier molecular flexibility index (Phi) is 10.1. The number of aromatic carboxylic acids is 1. The van der Waals surface area contributed by atoms with Crippen molar-refractivity contribution in [2.45, 2.75) is 82.0 Å². The molecule has 1 fully saturated rings. The molecule has 0 aliphatic heterocycles. The molecule has 5 nitrogen and oxygen atoms in total. The molecule has 4 N–H and O–H groups in total. The standard InChI is InChI=1S/C22H33ClO5S/c1-14(24)5-2-3-6-15(25)9-11-18-17(19(23)13-20(18)26)8-4-7-16-10-12-21(29-16)22(27)28/h9-12,14-15,17-20,24-26H,2-8,13H2,1H3,(H,27,28)/t14-,15+,17-,18+,19+,20-/m1/s1. The van der Waals surface area contributed by atoms with Gasteiger partial charge < -0.3 is 20.4 Å². The van der Waals surface area contributed by atoms with Crippen molar-refractivity contribution in [2.24, 2.45) is 11.8 Å². The number of aliphatic hydroxyl groups is 3. The Morgan fingerprint density at radius 2 is 2.00 bits per heavy atom. The Bertz CT molecular complexity index is 659. The van der Waals surface area contributed by atoms with Crippen molar-refractivity contribution in [3.8, 4) is 0 Å². The van der Waals surface area contributed by atoms with Crippen LogP contribution in [-0.2, 0) is 6.42 Å². The minimum atomic E-state index is -0.893. The summed E-state index contributed by atoms with van der Waals surface area (Å²) >= 11 is 7.79. The number of hydrogen-bond donors (Lipinski definition) is 4. The summed E-state index contributed by atoms with van der Waals surface area (Å²) < 4.78 is 0. The molecule has 0 saturated heterocycles. The number of unbranched alkanes of at least 4 members (excludes halogenated alkanes) is 1. The van der Waals surface area contributed by atoms with E-state index in [1.54, 1.807) is 19.1 Å². The second-order valence-electron chi connectivity index (χ2n) is 8.11. The van der Waals surface area contributed by atoms with E-state index in [0.29, 0.717) is 17.7 Å². The first-order valence-electron chi connectivity index (χ1n) is 10.5. The van der Waals surface area contributed by atoms with E-state index in [1.165, 1.54) is 11.3 Å². The third-order valence-electron chi connectivity index (χ3n) is 5.63. The summed E-state index contributed by atoms with van der Waals surface area (Å²) in [7, 11) is 0. The van der Waals surface area contributed by atoms with E-state index in [1.807, 2.05) is 12.1 Å². The van der Waals surface area contributed by atoms with Crippen LogP contribution in [0, 0.1) is 11.8 Å². The summed E-state index contributed by atoms with van der Waals surface area (Å²) in [5, 5.41) is 38.8. The molecule has 2 rings (SSSR count). The zero-order valence-corrected chi connectivity index (χ0v) is 18.5. The lowest BCUT2D eigenvalue weighted by molar-refractivity contribution is 0.0702. The van der Waals surface area contributed by atoms with Gasteiger partial charge in [0, 0.05) is 16.2 Å². The van der Waals surface area contributed by atoms with Gasteiger partial charge in [-0.3, -0.25) is 0 Å². The van der Waals surface area contributed by atoms with Gasteiger partial charge in [-0.25, -0.2) is 4.79 Å². The van der Waals surface area contributed by atoms with E-state index in [-0.39, 0.29) is 23.3 Å². The van der Waals surface area contributed by atoms with E-state index in [2.05, 4.69) is 0 Å². The fourth-order valence-corrected chi connectivity index (χ4v) is 5.38. The van der Waals surface area contributed by atoms with Gasteiger partial charge in [0.15, 0.2) is 0 Å². The molecular formula is C22H33ClO5S. The molecule has 6 atom stereocenters. The number of carbonyl (C=O) groups is 1. The van der Waals surface area contributed by atoms with Crippen LogP contribution in [0.15, 0.2) is 24.3 Å². The summed E-state index contributed by atoms with van der Waals surface area (Å²) in [6.07, 6.45) is 8.55. The third-order valence-corrected chi connectivity index (χ3v) is 7.27. The number of carboxylic acid groups (broad SMARTS) is 1. The van der Waals surface area contributed by atoms with Crippen LogP contribution in [0.25, 0.3) is 0 Å². The average Bonchev–Trinajstić information content (AvgIpc) is 3.22. The molecule has 0 aromatic carbocycles. The second-order valence-corrected chi connectivity index (χ2v) is 9.84. The molecule has 1 saturated carbocycles. The van der Waals surface area contributed by atoms with Gasteiger partial charge in [0.25, 0.3) is 0 Å². The Labute approximate surface area is 182 Å². The molecule has 1 aliphatic rings. The van der Waals surface area contributed by atoms with Crippen LogP contribution >= 0.6 is 22.9 Å². The van der Waals surface area contributed by atoms with Gasteiger partial charge in [0.2, 0.25) is 0 Å². The number of aliphatic hydroxyl groups excluding tert-OH is 3. The normalized spacial score (nSPS) is 26.8. The van der Waals surface area contributed by atoms with Gasteiger partial charge in [-0.15, -0.1) is 22.9 Å². The van der Waals surface area contributed by atoms with Crippen molar-refractivity contribution < 1.29 is 25.2 Å². The van der Waals surface area contributed by atoms with Gasteiger partial charge >= 0.3 is 5.97 Å². The fourth-order valence-electron chi connectivity index (χ4n) is 4.02. The van der Waals surface area contributed by atoms with Crippen molar-refractivity contribution in [1.29, 1.82) is 0 Å². The highest BCUT2D eigenvalue weighted by Gasteiger charge is 2.39. The smallest absolute Gasteiger partial charge is 0.345 e. The Morgan fingerprint density at radius 3 is 2.66 bits per heavy atom. The molecule has 29 heavy (non-hydrogen) atoms. The van der Waals surface area contributed by atoms with Crippen molar-refractivity contribution in [2.75, 3.05) is 0 Å². The van der Waals surface area contributed by atoms with Gasteiger partial charge in [0.05, 0.1) is 18.3 Å². The summed E-state index contributed by atoms with van der Waals surface area (Å²) in [5.41, 5.74) is 0. The number of halogens is 1. The molecule has 0 radical (unpaired) electrons. The highest BCUT2D eigenvalue weighted by Crippen LogP contribution is 2.40. The molecule has 0 amide bonds. The molecular weight excluding hydrogens is 412 g/mol. The van der Waals surface area contributed by atoms with E-state index in [0.717, 1.165) is 43.4 Å². The second kappa shape index (κ2) is 12.1. The van der Waals surface area contributed by atoms with Crippen molar-refractivity contribution >= 4 is 28.9 Å². The Balaban J connectivity index is 1.81. The minimum absolute atomic E-state index is 0.0671. The minimum Gasteiger partial charge on any atom is -0.477 e. The number of alkyl halides is 1. The largest absolute Gasteiger partial charge is 0.477 e. The SMILES string of the molecule is C[C@@H](O)CCCC[C@H](O)C=C[C@H]1[C@@H](CCCc2ccc(C(=O)O)s2)[C@@H](Cl)C[C@H]1O. The zero-order valence-electron chi connectivity index (χ0n) is 16.9. The van der Waals surface area contributed by atoms with E-state index >= 15 is 0 Å². The lowest BCUT2D eigenvalue weighted by Gasteiger charge is -2.21. The van der Waals surface area contributed by atoms with Crippen LogP contribution in [0.3, 0.4) is 0 Å². The predicted molar refractivity (Wildman–Crippen MR) is 117 cm³/mol. The molecule has 0 bridgehead atoms. The first-order chi connectivity index (χ1) is 13.8. The predicted octanol–water partition coefficient (Wildman–Crippen LogP) is 4.23. The van der Waals surface area contributed by atoms with Crippen LogP contribution in [0.4, 0.5) is 0 Å². The molecule has 1 aromatic rings. The van der Waals surface area contributed by atoms with Crippen LogP contribution in [0.5, 0.6) is 0 Å². The maximum atomic E-state index is 11.0. The van der Waals surface area contributed by atoms with Crippen LogP contribution in [-0.4, -0.2) is 50.1 Å². The van der Waals surface area contributed by atoms with Crippen molar-refractivity contribution in [3.05, 3.63) is 34.0 Å². The summed E-state index contributed by atoms with van der Waals surface area (Å²) in [6.45, 7) is 1.77. The topological polar surface area (TPSA) is 98.0 Å². The zero-order chi connectivity index (χ0) is 21.4. The quantitative estimate of drug-likeness (QED) is 0.220. The molecule has 1 heterocycles. The average molecular weight is 445 g/mol. The molecule has 0 unspecified atom stereocenters. The van der Waals surface area contributed by atoms with Crippen LogP contribution in [0.1, 0.15) is 66.4 Å². The third kappa shape index (κ3) is 8.02. The van der Waals surface area contributed by atoms with Crippen LogP contribution in [0.2, 0.25) is 0 Å². The maximum absolute atomic E-state index is 11.0. The monoisotopic (exact) mass is 444 g/mol. The molecule has 1 aromatic heterocycles. The summed E-state index contributed by atoms with van der Waals surface area (Å²) in [5.74, 6) is -0.817. The first kappa shape index (κ1) is 24.4. The van der Waals surface area contributed by atoms with Gasteiger partial charge in [-0.1, -0.05) is 25.0 Å². The number of aryl methyl sites for hydroxylation is 1. The Hall–Kier alpha value is -0.920. The number of carboxylic acids is 1. The van der Waals surface area contributed by atoms with Crippen molar-refractivity contribution in [1.82, 2.24) is 0 Å². The molecule has 164 valence electrons. The molecule has 0 spiro atoms. The van der Waals surface area contributed by atoms with E-state index < -0.39 is 18.2 Å². The van der Waals surface area contributed by atoms with Gasteiger partial charge in [-0.05, 0) is 63.5 Å². The highest BCUT2D eigenvalue weighted by molar-refractivity contribution is 7.13. The molecule has 7 heteroatoms. The first-order valence-corrected chi connectivity index (χ1v) is 11.7. The van der Waals surface area contributed by atoms with Gasteiger partial charge in [0.1, 0.15) is 4.88 Å². The Morgan fingerprint density at radius 1 is 1.28 bits per heavy atom. The van der Waals surface area contributed by atoms with Gasteiger partial charge in [-0.2, -0.15) is 0 Å². The maximum Gasteiger partial charge on any atom is 0.345 e. The fraction of sp³-hybridized carbons (Fsp3) is 0.682. The van der Waals surface area contributed by atoms with E-state index in [9.17, 15) is 20.1 Å². The highest BCUT2D eigenvalue weighted by atomic mass is 35.5. The lowest BCUT2D eigenvalue weighted by Crippen LogP contribution is -2.19. The number of thiophene rings is 1. The summed E-state index contributed by atoms with van der Waals surface area (Å²) in [6, 6.07) is 3.50. The lowest BCUT2D eigenvalue weighted by atomic mass is 9.89. The van der Waals surface area contributed by atoms with Crippen molar-refractivity contribution in [3.63, 3.8) is 0 Å². The number of rotatable bonds is 12. The summed E-state index contributed by atoms with van der Waals surface area (Å²) in [4.78, 5) is 12.4. The molecule has 1 aliphatic carbocycles.